The molecule has 0 radical (unpaired) electrons. The van der Waals surface area contributed by atoms with E-state index in [0.717, 1.165) is 38.4 Å². The normalized spacial score (nSPS) is 17.1. The first kappa shape index (κ1) is 17.7. The third-order valence-electron chi connectivity index (χ3n) is 4.93. The fraction of sp³-hybridized carbons (Fsp3) is 0.350. The number of benzene rings is 2. The maximum atomic E-state index is 12.7. The van der Waals surface area contributed by atoms with Crippen molar-refractivity contribution in [3.8, 4) is 5.75 Å². The number of carbonyl (C=O) groups excluding carboxylic acids is 1. The SMILES string of the molecule is O=C(c1cc(Cl)cc(Cl)c1)N1CCN(Cc2ccc3c(c2)CCO3)CC1. The molecule has 2 aliphatic rings. The molecular formula is C20H20Cl2N2O2. The molecule has 0 spiro atoms. The van der Waals surface area contributed by atoms with Crippen molar-refractivity contribution in [3.63, 3.8) is 0 Å². The molecule has 2 aliphatic heterocycles. The largest absolute Gasteiger partial charge is 0.493 e. The van der Waals surface area contributed by atoms with Crippen molar-refractivity contribution in [2.24, 2.45) is 0 Å². The van der Waals surface area contributed by atoms with Gasteiger partial charge in [0.05, 0.1) is 6.61 Å². The zero-order valence-electron chi connectivity index (χ0n) is 14.4. The smallest absolute Gasteiger partial charge is 0.254 e. The van der Waals surface area contributed by atoms with Gasteiger partial charge in [0.25, 0.3) is 5.91 Å². The van der Waals surface area contributed by atoms with Crippen molar-refractivity contribution in [1.29, 1.82) is 0 Å². The van der Waals surface area contributed by atoms with Gasteiger partial charge in [0.2, 0.25) is 0 Å². The fourth-order valence-corrected chi connectivity index (χ4v) is 4.09. The van der Waals surface area contributed by atoms with E-state index < -0.39 is 0 Å². The fourth-order valence-electron chi connectivity index (χ4n) is 3.57. The molecule has 2 heterocycles. The van der Waals surface area contributed by atoms with Crippen LogP contribution in [0.3, 0.4) is 0 Å². The zero-order valence-corrected chi connectivity index (χ0v) is 15.9. The number of amides is 1. The van der Waals surface area contributed by atoms with E-state index in [1.54, 1.807) is 18.2 Å². The second kappa shape index (κ2) is 7.47. The Hall–Kier alpha value is -1.75. The van der Waals surface area contributed by atoms with Gasteiger partial charge >= 0.3 is 0 Å². The molecule has 0 unspecified atom stereocenters. The Kier molecular flexibility index (Phi) is 5.07. The Morgan fingerprint density at radius 3 is 2.46 bits per heavy atom. The highest BCUT2D eigenvalue weighted by Crippen LogP contribution is 2.26. The molecule has 4 nitrogen and oxygen atoms in total. The summed E-state index contributed by atoms with van der Waals surface area (Å²) in [4.78, 5) is 16.9. The van der Waals surface area contributed by atoms with Crippen LogP contribution in [0.25, 0.3) is 0 Å². The molecule has 0 aliphatic carbocycles. The summed E-state index contributed by atoms with van der Waals surface area (Å²) in [6, 6.07) is 11.4. The number of hydrogen-bond acceptors (Lipinski definition) is 3. The van der Waals surface area contributed by atoms with Crippen molar-refractivity contribution in [1.82, 2.24) is 9.80 Å². The second-order valence-electron chi connectivity index (χ2n) is 6.77. The molecule has 1 amide bonds. The maximum absolute atomic E-state index is 12.7. The van der Waals surface area contributed by atoms with E-state index in [0.29, 0.717) is 28.7 Å². The first-order valence-electron chi connectivity index (χ1n) is 8.81. The molecule has 6 heteroatoms. The molecule has 0 aromatic heterocycles. The number of halogens is 2. The van der Waals surface area contributed by atoms with Gasteiger partial charge in [0.15, 0.2) is 0 Å². The lowest BCUT2D eigenvalue weighted by atomic mass is 10.1. The quantitative estimate of drug-likeness (QED) is 0.796. The number of carbonyl (C=O) groups is 1. The van der Waals surface area contributed by atoms with Gasteiger partial charge in [-0.2, -0.15) is 0 Å². The van der Waals surface area contributed by atoms with Gasteiger partial charge in [-0.3, -0.25) is 9.69 Å². The molecule has 4 rings (SSSR count). The second-order valence-corrected chi connectivity index (χ2v) is 7.64. The number of ether oxygens (including phenoxy) is 1. The van der Waals surface area contributed by atoms with Crippen LogP contribution < -0.4 is 4.74 Å². The van der Waals surface area contributed by atoms with E-state index in [1.165, 1.54) is 11.1 Å². The van der Waals surface area contributed by atoms with E-state index in [2.05, 4.69) is 23.1 Å². The van der Waals surface area contributed by atoms with Gasteiger partial charge in [-0.25, -0.2) is 0 Å². The summed E-state index contributed by atoms with van der Waals surface area (Å²) in [5.41, 5.74) is 3.15. The summed E-state index contributed by atoms with van der Waals surface area (Å²) in [5.74, 6) is 1.01. The monoisotopic (exact) mass is 390 g/mol. The highest BCUT2D eigenvalue weighted by Gasteiger charge is 2.23. The molecule has 0 saturated carbocycles. The van der Waals surface area contributed by atoms with Crippen molar-refractivity contribution >= 4 is 29.1 Å². The van der Waals surface area contributed by atoms with E-state index in [1.807, 2.05) is 4.90 Å². The van der Waals surface area contributed by atoms with Crippen molar-refractivity contribution < 1.29 is 9.53 Å². The highest BCUT2D eigenvalue weighted by molar-refractivity contribution is 6.35. The van der Waals surface area contributed by atoms with E-state index in [9.17, 15) is 4.79 Å². The van der Waals surface area contributed by atoms with Crippen molar-refractivity contribution in [2.75, 3.05) is 32.8 Å². The third kappa shape index (κ3) is 3.83. The van der Waals surface area contributed by atoms with Crippen LogP contribution in [0.4, 0.5) is 0 Å². The minimum atomic E-state index is -0.0104. The Morgan fingerprint density at radius 1 is 1.00 bits per heavy atom. The van der Waals surface area contributed by atoms with Crippen LogP contribution in [-0.4, -0.2) is 48.5 Å². The van der Waals surface area contributed by atoms with Gasteiger partial charge in [-0.15, -0.1) is 0 Å². The lowest BCUT2D eigenvalue weighted by Gasteiger charge is -2.35. The maximum Gasteiger partial charge on any atom is 0.254 e. The number of rotatable bonds is 3. The standard InChI is InChI=1S/C20H20Cl2N2O2/c21-17-10-16(11-18(22)12-17)20(25)24-6-4-23(5-7-24)13-14-1-2-19-15(9-14)3-8-26-19/h1-2,9-12H,3-8,13H2. The van der Waals surface area contributed by atoms with Gasteiger partial charge in [0, 0.05) is 54.8 Å². The predicted octanol–water partition coefficient (Wildman–Crippen LogP) is 3.89. The van der Waals surface area contributed by atoms with Crippen molar-refractivity contribution in [3.05, 3.63) is 63.1 Å². The molecule has 0 atom stereocenters. The Balaban J connectivity index is 1.36. The first-order chi connectivity index (χ1) is 12.6. The van der Waals surface area contributed by atoms with Crippen LogP contribution >= 0.6 is 23.2 Å². The summed E-state index contributed by atoms with van der Waals surface area (Å²) in [6.45, 7) is 4.81. The molecule has 0 N–H and O–H groups in total. The van der Waals surface area contributed by atoms with E-state index in [4.69, 9.17) is 27.9 Å². The first-order valence-corrected chi connectivity index (χ1v) is 9.56. The number of piperazine rings is 1. The van der Waals surface area contributed by atoms with Gasteiger partial charge < -0.3 is 9.64 Å². The Bertz CT molecular complexity index is 812. The summed E-state index contributed by atoms with van der Waals surface area (Å²) in [7, 11) is 0. The molecule has 0 bridgehead atoms. The minimum absolute atomic E-state index is 0.0104. The van der Waals surface area contributed by atoms with E-state index >= 15 is 0 Å². The summed E-state index contributed by atoms with van der Waals surface area (Å²) >= 11 is 12.0. The summed E-state index contributed by atoms with van der Waals surface area (Å²) in [6.07, 6.45) is 0.994. The molecule has 1 fully saturated rings. The van der Waals surface area contributed by atoms with Gasteiger partial charge in [-0.1, -0.05) is 35.3 Å². The van der Waals surface area contributed by atoms with Crippen LogP contribution in [0.15, 0.2) is 36.4 Å². The van der Waals surface area contributed by atoms with Crippen LogP contribution in [0.1, 0.15) is 21.5 Å². The molecule has 2 aromatic carbocycles. The molecule has 2 aromatic rings. The number of fused-ring (bicyclic) bond motifs is 1. The van der Waals surface area contributed by atoms with Crippen LogP contribution in [0.5, 0.6) is 5.75 Å². The Morgan fingerprint density at radius 2 is 1.73 bits per heavy atom. The molecule has 26 heavy (non-hydrogen) atoms. The molecular weight excluding hydrogens is 371 g/mol. The lowest BCUT2D eigenvalue weighted by molar-refractivity contribution is 0.0628. The van der Waals surface area contributed by atoms with Crippen LogP contribution in [0, 0.1) is 0 Å². The van der Waals surface area contributed by atoms with Crippen LogP contribution in [-0.2, 0) is 13.0 Å². The minimum Gasteiger partial charge on any atom is -0.493 e. The summed E-state index contributed by atoms with van der Waals surface area (Å²) in [5, 5.41) is 0.972. The average Bonchev–Trinajstić information content (AvgIpc) is 3.09. The highest BCUT2D eigenvalue weighted by atomic mass is 35.5. The van der Waals surface area contributed by atoms with E-state index in [-0.39, 0.29) is 5.91 Å². The average molecular weight is 391 g/mol. The third-order valence-corrected chi connectivity index (χ3v) is 5.37. The van der Waals surface area contributed by atoms with Gasteiger partial charge in [-0.05, 0) is 35.4 Å². The van der Waals surface area contributed by atoms with Crippen molar-refractivity contribution in [2.45, 2.75) is 13.0 Å². The zero-order chi connectivity index (χ0) is 18.1. The molecule has 136 valence electrons. The predicted molar refractivity (Wildman–Crippen MR) is 103 cm³/mol. The Labute approximate surface area is 163 Å². The summed E-state index contributed by atoms with van der Waals surface area (Å²) < 4.78 is 5.57. The topological polar surface area (TPSA) is 32.8 Å². The van der Waals surface area contributed by atoms with Gasteiger partial charge in [0.1, 0.15) is 5.75 Å². The number of hydrogen-bond donors (Lipinski definition) is 0. The van der Waals surface area contributed by atoms with Crippen LogP contribution in [0.2, 0.25) is 10.0 Å². The molecule has 1 saturated heterocycles. The number of nitrogens with zero attached hydrogens (tertiary/aromatic N) is 2. The lowest BCUT2D eigenvalue weighted by Crippen LogP contribution is -2.48.